The Kier molecular flexibility index (Phi) is 7.15. The number of ether oxygens (including phenoxy) is 2. The van der Waals surface area contributed by atoms with Crippen LogP contribution in [-0.4, -0.2) is 65.8 Å². The van der Waals surface area contributed by atoms with E-state index in [0.29, 0.717) is 5.56 Å². The average molecular weight is 480 g/mol. The third-order valence-electron chi connectivity index (χ3n) is 5.59. The van der Waals surface area contributed by atoms with E-state index in [-0.39, 0.29) is 36.7 Å². The number of phenolic OH excluding ortho intramolecular Hbond substituents is 1. The summed E-state index contributed by atoms with van der Waals surface area (Å²) >= 11 is 0. The van der Waals surface area contributed by atoms with Crippen LogP contribution in [0, 0.1) is 0 Å². The number of carbonyl (C=O) groups excluding carboxylic acids is 3. The molecule has 2 atom stereocenters. The predicted octanol–water partition coefficient (Wildman–Crippen LogP) is 2.45. The van der Waals surface area contributed by atoms with E-state index in [4.69, 9.17) is 4.74 Å². The number of halogens is 3. The predicted molar refractivity (Wildman–Crippen MR) is 113 cm³/mol. The molecule has 1 fully saturated rings. The smallest absolute Gasteiger partial charge is 0.508 e. The van der Waals surface area contributed by atoms with Gasteiger partial charge in [0, 0.05) is 19.0 Å². The zero-order chi connectivity index (χ0) is 25.1. The van der Waals surface area contributed by atoms with Crippen LogP contribution in [0.25, 0.3) is 0 Å². The van der Waals surface area contributed by atoms with Crippen molar-refractivity contribution < 1.29 is 42.1 Å². The van der Waals surface area contributed by atoms with E-state index >= 15 is 0 Å². The van der Waals surface area contributed by atoms with Gasteiger partial charge < -0.3 is 24.8 Å². The minimum atomic E-state index is -4.87. The summed E-state index contributed by atoms with van der Waals surface area (Å²) in [7, 11) is 1.43. The van der Waals surface area contributed by atoms with Crippen LogP contribution in [0.3, 0.4) is 0 Å². The first-order valence-electron chi connectivity index (χ1n) is 10.2. The number of Topliss-reactive ketones (excluding diaryl/α,β-unsaturated/α-hetero) is 1. The number of carbonyl (C=O) groups is 3. The van der Waals surface area contributed by atoms with Gasteiger partial charge in [0.25, 0.3) is 5.91 Å². The first kappa shape index (κ1) is 25.0. The number of likely N-dealkylation sites (N-methyl/N-ethyl adjacent to an activating group) is 1. The van der Waals surface area contributed by atoms with E-state index in [1.165, 1.54) is 24.1 Å². The third-order valence-corrected chi connectivity index (χ3v) is 5.59. The molecule has 0 bridgehead atoms. The Morgan fingerprint density at radius 1 is 1.24 bits per heavy atom. The Hall–Kier alpha value is -3.60. The first-order valence-corrected chi connectivity index (χ1v) is 10.2. The lowest BCUT2D eigenvalue weighted by molar-refractivity contribution is -0.274. The molecule has 0 aliphatic carbocycles. The number of rotatable bonds is 7. The molecule has 1 aliphatic heterocycles. The number of hydrogen-bond donors (Lipinski definition) is 2. The van der Waals surface area contributed by atoms with Crippen molar-refractivity contribution in [2.45, 2.75) is 31.3 Å². The fraction of sp³-hybridized carbons (Fsp3) is 0.348. The van der Waals surface area contributed by atoms with Gasteiger partial charge in [0.1, 0.15) is 29.7 Å². The summed E-state index contributed by atoms with van der Waals surface area (Å²) in [5, 5.41) is 12.3. The minimum absolute atomic E-state index is 0.00152. The van der Waals surface area contributed by atoms with Gasteiger partial charge in [-0.1, -0.05) is 12.1 Å². The largest absolute Gasteiger partial charge is 0.573 e. The molecular formula is C23H23F3N2O6. The zero-order valence-electron chi connectivity index (χ0n) is 18.4. The molecule has 1 saturated heterocycles. The van der Waals surface area contributed by atoms with Crippen LogP contribution >= 0.6 is 0 Å². The molecule has 11 heteroatoms. The molecule has 34 heavy (non-hydrogen) atoms. The van der Waals surface area contributed by atoms with E-state index in [1.807, 2.05) is 0 Å². The fourth-order valence-electron chi connectivity index (χ4n) is 3.51. The number of hydrogen-bond acceptors (Lipinski definition) is 6. The van der Waals surface area contributed by atoms with E-state index in [1.54, 1.807) is 19.1 Å². The zero-order valence-corrected chi connectivity index (χ0v) is 18.4. The average Bonchev–Trinajstić information content (AvgIpc) is 3.11. The van der Waals surface area contributed by atoms with Gasteiger partial charge in [-0.15, -0.1) is 13.2 Å². The summed E-state index contributed by atoms with van der Waals surface area (Å²) in [4.78, 5) is 39.7. The highest BCUT2D eigenvalue weighted by atomic mass is 19.4. The van der Waals surface area contributed by atoms with Crippen molar-refractivity contribution in [1.29, 1.82) is 0 Å². The Labute approximate surface area is 193 Å². The molecule has 3 rings (SSSR count). The van der Waals surface area contributed by atoms with Crippen LogP contribution in [0.1, 0.15) is 22.8 Å². The quantitative estimate of drug-likeness (QED) is 0.631. The fourth-order valence-corrected chi connectivity index (χ4v) is 3.51. The minimum Gasteiger partial charge on any atom is -0.508 e. The van der Waals surface area contributed by atoms with Crippen molar-refractivity contribution in [2.24, 2.45) is 0 Å². The normalized spacial score (nSPS) is 18.9. The molecule has 1 aliphatic rings. The first-order chi connectivity index (χ1) is 15.9. The second-order valence-electron chi connectivity index (χ2n) is 8.06. The standard InChI is InChI=1S/C23H23F3N2O6/c1-22(13-33-12-19(22)30)28(2)21(32)18(11-14-4-3-5-16(29)10-14)27-20(31)15-6-8-17(9-7-15)34-23(24,25)26/h3-10,18,29H,11-13H2,1-2H3,(H,27,31). The Bertz CT molecular complexity index is 1070. The van der Waals surface area contributed by atoms with Gasteiger partial charge in [-0.3, -0.25) is 14.4 Å². The van der Waals surface area contributed by atoms with Gasteiger partial charge in [0.15, 0.2) is 5.78 Å². The van der Waals surface area contributed by atoms with Crippen molar-refractivity contribution >= 4 is 17.6 Å². The number of amides is 2. The van der Waals surface area contributed by atoms with Crippen molar-refractivity contribution in [1.82, 2.24) is 10.2 Å². The molecule has 0 radical (unpaired) electrons. The monoisotopic (exact) mass is 480 g/mol. The van der Waals surface area contributed by atoms with E-state index in [9.17, 15) is 32.7 Å². The number of ketones is 1. The van der Waals surface area contributed by atoms with Gasteiger partial charge in [0.05, 0.1) is 6.61 Å². The van der Waals surface area contributed by atoms with Crippen LogP contribution < -0.4 is 10.1 Å². The molecule has 0 saturated carbocycles. The second kappa shape index (κ2) is 9.72. The molecule has 2 amide bonds. The molecule has 2 N–H and O–H groups in total. The number of phenols is 1. The second-order valence-corrected chi connectivity index (χ2v) is 8.06. The highest BCUT2D eigenvalue weighted by Gasteiger charge is 2.45. The van der Waals surface area contributed by atoms with Crippen molar-refractivity contribution in [3.8, 4) is 11.5 Å². The van der Waals surface area contributed by atoms with Crippen LogP contribution in [0.5, 0.6) is 11.5 Å². The van der Waals surface area contributed by atoms with Gasteiger partial charge in [0.2, 0.25) is 5.91 Å². The number of benzene rings is 2. The lowest BCUT2D eigenvalue weighted by Gasteiger charge is -2.35. The van der Waals surface area contributed by atoms with Crippen molar-refractivity contribution in [3.05, 3.63) is 59.7 Å². The Morgan fingerprint density at radius 3 is 2.47 bits per heavy atom. The van der Waals surface area contributed by atoms with Gasteiger partial charge >= 0.3 is 6.36 Å². The van der Waals surface area contributed by atoms with E-state index in [0.717, 1.165) is 24.3 Å². The number of nitrogens with zero attached hydrogens (tertiary/aromatic N) is 1. The van der Waals surface area contributed by atoms with Crippen LogP contribution in [0.4, 0.5) is 13.2 Å². The summed E-state index contributed by atoms with van der Waals surface area (Å²) in [6.45, 7) is 1.43. The number of nitrogens with one attached hydrogen (secondary N) is 1. The molecule has 0 spiro atoms. The maximum Gasteiger partial charge on any atom is 0.573 e. The molecule has 1 heterocycles. The SMILES string of the molecule is CN(C(=O)C(Cc1cccc(O)c1)NC(=O)c1ccc(OC(F)(F)F)cc1)C1(C)COCC1=O. The van der Waals surface area contributed by atoms with Gasteiger partial charge in [-0.2, -0.15) is 0 Å². The summed E-state index contributed by atoms with van der Waals surface area (Å²) in [5.41, 5.74) is -0.673. The third kappa shape index (κ3) is 5.84. The van der Waals surface area contributed by atoms with E-state index < -0.39 is 35.5 Å². The lowest BCUT2D eigenvalue weighted by atomic mass is 9.95. The molecule has 2 aromatic carbocycles. The van der Waals surface area contributed by atoms with Crippen molar-refractivity contribution in [2.75, 3.05) is 20.3 Å². The Balaban J connectivity index is 1.82. The molecule has 8 nitrogen and oxygen atoms in total. The summed E-state index contributed by atoms with van der Waals surface area (Å²) in [5.74, 6) is -2.11. The van der Waals surface area contributed by atoms with Crippen LogP contribution in [-0.2, 0) is 20.7 Å². The van der Waals surface area contributed by atoms with Crippen LogP contribution in [0.15, 0.2) is 48.5 Å². The highest BCUT2D eigenvalue weighted by molar-refractivity contribution is 6.00. The molecule has 182 valence electrons. The number of aromatic hydroxyl groups is 1. The van der Waals surface area contributed by atoms with Crippen molar-refractivity contribution in [3.63, 3.8) is 0 Å². The van der Waals surface area contributed by atoms with E-state index in [2.05, 4.69) is 10.1 Å². The molecule has 0 aromatic heterocycles. The number of alkyl halides is 3. The summed E-state index contributed by atoms with van der Waals surface area (Å²) in [6, 6.07) is 9.19. The topological polar surface area (TPSA) is 105 Å². The van der Waals surface area contributed by atoms with Gasteiger partial charge in [-0.05, 0) is 48.9 Å². The van der Waals surface area contributed by atoms with Gasteiger partial charge in [-0.25, -0.2) is 0 Å². The highest BCUT2D eigenvalue weighted by Crippen LogP contribution is 2.24. The molecular weight excluding hydrogens is 457 g/mol. The molecule has 2 unspecified atom stereocenters. The Morgan fingerprint density at radius 2 is 1.91 bits per heavy atom. The van der Waals surface area contributed by atoms with Crippen LogP contribution in [0.2, 0.25) is 0 Å². The maximum atomic E-state index is 13.3. The maximum absolute atomic E-state index is 13.3. The summed E-state index contributed by atoms with van der Waals surface area (Å²) in [6.07, 6.45) is -4.88. The summed E-state index contributed by atoms with van der Waals surface area (Å²) < 4.78 is 46.1. The molecule has 2 aromatic rings. The lowest BCUT2D eigenvalue weighted by Crippen LogP contribution is -2.58.